The van der Waals surface area contributed by atoms with Crippen molar-refractivity contribution in [3.8, 4) is 11.5 Å². The van der Waals surface area contributed by atoms with E-state index in [9.17, 15) is 9.59 Å². The molecular weight excluding hydrogens is 310 g/mol. The average molecular weight is 329 g/mol. The fourth-order valence-corrected chi connectivity index (χ4v) is 2.26. The first-order chi connectivity index (χ1) is 11.4. The fourth-order valence-electron chi connectivity index (χ4n) is 2.26. The van der Waals surface area contributed by atoms with Crippen molar-refractivity contribution in [1.29, 1.82) is 0 Å². The molecule has 24 heavy (non-hydrogen) atoms. The molecule has 2 aromatic carbocycles. The first-order valence-electron chi connectivity index (χ1n) is 7.22. The number of methoxy groups -OCH3 is 1. The van der Waals surface area contributed by atoms with Gasteiger partial charge in [0.1, 0.15) is 5.75 Å². The van der Waals surface area contributed by atoms with Crippen LogP contribution in [0.2, 0.25) is 0 Å². The van der Waals surface area contributed by atoms with Crippen molar-refractivity contribution in [1.82, 2.24) is 0 Å². The van der Waals surface area contributed by atoms with Gasteiger partial charge in [-0.05, 0) is 13.0 Å². The summed E-state index contributed by atoms with van der Waals surface area (Å²) in [7, 11) is 4.83. The molecule has 0 bridgehead atoms. The van der Waals surface area contributed by atoms with Crippen LogP contribution in [0.1, 0.15) is 5.56 Å². The van der Waals surface area contributed by atoms with Gasteiger partial charge in [0.2, 0.25) is 0 Å². The van der Waals surface area contributed by atoms with Gasteiger partial charge in [-0.1, -0.05) is 24.3 Å². The number of nitrogens with zero attached hydrogens (tertiary/aromatic N) is 1. The zero-order chi connectivity index (χ0) is 17.9. The number of fused-ring (bicyclic) bond motifs is 1. The van der Waals surface area contributed by atoms with Crippen LogP contribution in [0.25, 0.3) is 10.8 Å². The van der Waals surface area contributed by atoms with E-state index < -0.39 is 12.1 Å². The number of hydrogen-bond acceptors (Lipinski definition) is 6. The van der Waals surface area contributed by atoms with E-state index in [1.54, 1.807) is 25.1 Å². The fraction of sp³-hybridized carbons (Fsp3) is 0.222. The molecule has 126 valence electrons. The number of ether oxygens (including phenoxy) is 3. The Labute approximate surface area is 140 Å². The number of anilines is 1. The molecule has 0 atom stereocenters. The maximum atomic E-state index is 11.7. The quantitative estimate of drug-likeness (QED) is 0.370. The molecule has 6 heteroatoms. The Morgan fingerprint density at radius 1 is 1.12 bits per heavy atom. The third-order valence-corrected chi connectivity index (χ3v) is 3.40. The average Bonchev–Trinajstić information content (AvgIpc) is 2.55. The lowest BCUT2D eigenvalue weighted by Crippen LogP contribution is -2.14. The second kappa shape index (κ2) is 7.04. The number of aryl methyl sites for hydroxylation is 1. The number of esters is 1. The van der Waals surface area contributed by atoms with E-state index in [1.807, 2.05) is 25.1 Å². The minimum absolute atomic E-state index is 0.322. The molecule has 0 saturated carbocycles. The third kappa shape index (κ3) is 3.48. The Morgan fingerprint density at radius 3 is 2.42 bits per heavy atom. The second-order valence-corrected chi connectivity index (χ2v) is 5.35. The monoisotopic (exact) mass is 329 g/mol. The zero-order valence-electron chi connectivity index (χ0n) is 14.1. The molecule has 0 amide bonds. The van der Waals surface area contributed by atoms with Crippen LogP contribution < -0.4 is 14.4 Å². The van der Waals surface area contributed by atoms with E-state index >= 15 is 0 Å². The van der Waals surface area contributed by atoms with Crippen LogP contribution in [0.15, 0.2) is 36.9 Å². The van der Waals surface area contributed by atoms with Crippen LogP contribution in [0.4, 0.5) is 10.5 Å². The summed E-state index contributed by atoms with van der Waals surface area (Å²) in [5, 5.41) is 1.28. The summed E-state index contributed by atoms with van der Waals surface area (Å²) in [6, 6.07) is 7.17. The van der Waals surface area contributed by atoms with Crippen molar-refractivity contribution in [2.45, 2.75) is 6.92 Å². The van der Waals surface area contributed by atoms with Gasteiger partial charge in [0.25, 0.3) is 0 Å². The summed E-state index contributed by atoms with van der Waals surface area (Å²) in [6.45, 7) is 5.33. The molecular formula is C18H19NO5. The molecule has 0 spiro atoms. The minimum Gasteiger partial charge on any atom is -0.437 e. The van der Waals surface area contributed by atoms with Crippen molar-refractivity contribution in [3.63, 3.8) is 0 Å². The highest BCUT2D eigenvalue weighted by molar-refractivity contribution is 6.01. The van der Waals surface area contributed by atoms with Gasteiger partial charge >= 0.3 is 12.1 Å². The first-order valence-corrected chi connectivity index (χ1v) is 7.22. The summed E-state index contributed by atoms with van der Waals surface area (Å²) in [5.74, 6) is 0.126. The molecule has 2 rings (SSSR count). The van der Waals surface area contributed by atoms with E-state index in [2.05, 4.69) is 11.3 Å². The van der Waals surface area contributed by atoms with Crippen molar-refractivity contribution in [2.75, 3.05) is 26.1 Å². The highest BCUT2D eigenvalue weighted by Crippen LogP contribution is 2.42. The maximum absolute atomic E-state index is 11.7. The van der Waals surface area contributed by atoms with Gasteiger partial charge < -0.3 is 19.1 Å². The lowest BCUT2D eigenvalue weighted by Gasteiger charge is -2.20. The summed E-state index contributed by atoms with van der Waals surface area (Å²) in [5.41, 5.74) is 1.55. The van der Waals surface area contributed by atoms with Gasteiger partial charge in [0.05, 0.1) is 12.8 Å². The summed E-state index contributed by atoms with van der Waals surface area (Å²) >= 11 is 0. The first kappa shape index (κ1) is 17.3. The molecule has 0 fully saturated rings. The van der Waals surface area contributed by atoms with Crippen LogP contribution in [-0.4, -0.2) is 33.3 Å². The molecule has 0 aliphatic rings. The predicted molar refractivity (Wildman–Crippen MR) is 91.9 cm³/mol. The molecule has 0 aliphatic carbocycles. The zero-order valence-corrected chi connectivity index (χ0v) is 14.1. The van der Waals surface area contributed by atoms with Crippen molar-refractivity contribution < 1.29 is 23.8 Å². The van der Waals surface area contributed by atoms with E-state index in [4.69, 9.17) is 9.47 Å². The standard InChI is InChI=1S/C18H19NO5/c1-6-16(20)24-17-12-8-7-11(2)9-13(12)15(23-18(21)22-5)10-14(17)19(3)4/h6-10H,1H2,2-5H3. The van der Waals surface area contributed by atoms with Crippen LogP contribution in [0, 0.1) is 6.92 Å². The Balaban J connectivity index is 2.77. The van der Waals surface area contributed by atoms with Gasteiger partial charge in [0.15, 0.2) is 5.75 Å². The van der Waals surface area contributed by atoms with Gasteiger partial charge in [-0.3, -0.25) is 0 Å². The highest BCUT2D eigenvalue weighted by atomic mass is 16.7. The Hall–Kier alpha value is -3.02. The molecule has 6 nitrogen and oxygen atoms in total. The molecule has 0 aromatic heterocycles. The van der Waals surface area contributed by atoms with E-state index in [0.29, 0.717) is 28.0 Å². The Kier molecular flexibility index (Phi) is 5.08. The lowest BCUT2D eigenvalue weighted by atomic mass is 10.0. The van der Waals surface area contributed by atoms with Crippen molar-refractivity contribution >= 4 is 28.6 Å². The number of hydrogen-bond donors (Lipinski definition) is 0. The van der Waals surface area contributed by atoms with Crippen LogP contribution >= 0.6 is 0 Å². The van der Waals surface area contributed by atoms with Crippen LogP contribution in [-0.2, 0) is 9.53 Å². The highest BCUT2D eigenvalue weighted by Gasteiger charge is 2.19. The smallest absolute Gasteiger partial charge is 0.437 e. The minimum atomic E-state index is -0.821. The molecule has 0 heterocycles. The molecule has 0 radical (unpaired) electrons. The van der Waals surface area contributed by atoms with Gasteiger partial charge in [-0.15, -0.1) is 0 Å². The summed E-state index contributed by atoms with van der Waals surface area (Å²) in [4.78, 5) is 25.0. The van der Waals surface area contributed by atoms with Gasteiger partial charge in [-0.2, -0.15) is 0 Å². The normalized spacial score (nSPS) is 10.2. The van der Waals surface area contributed by atoms with E-state index in [1.165, 1.54) is 7.11 Å². The van der Waals surface area contributed by atoms with Crippen molar-refractivity contribution in [3.05, 3.63) is 42.5 Å². The van der Waals surface area contributed by atoms with Crippen LogP contribution in [0.5, 0.6) is 11.5 Å². The Morgan fingerprint density at radius 2 is 1.83 bits per heavy atom. The molecule has 2 aromatic rings. The number of carbonyl (C=O) groups is 2. The van der Waals surface area contributed by atoms with Gasteiger partial charge in [0, 0.05) is 37.0 Å². The summed E-state index contributed by atoms with van der Waals surface area (Å²) < 4.78 is 15.3. The van der Waals surface area contributed by atoms with Gasteiger partial charge in [-0.25, -0.2) is 9.59 Å². The lowest BCUT2D eigenvalue weighted by molar-refractivity contribution is -0.128. The topological polar surface area (TPSA) is 65.1 Å². The van der Waals surface area contributed by atoms with E-state index in [0.717, 1.165) is 11.6 Å². The predicted octanol–water partition coefficient (Wildman–Crippen LogP) is 3.45. The molecule has 0 N–H and O–H groups in total. The molecule has 0 saturated heterocycles. The van der Waals surface area contributed by atoms with E-state index in [-0.39, 0.29) is 0 Å². The molecule has 0 unspecified atom stereocenters. The summed E-state index contributed by atoms with van der Waals surface area (Å²) in [6.07, 6.45) is 0.275. The number of carbonyl (C=O) groups excluding carboxylic acids is 2. The number of benzene rings is 2. The van der Waals surface area contributed by atoms with Crippen molar-refractivity contribution in [2.24, 2.45) is 0 Å². The molecule has 0 aliphatic heterocycles. The largest absolute Gasteiger partial charge is 0.513 e. The third-order valence-electron chi connectivity index (χ3n) is 3.40. The second-order valence-electron chi connectivity index (χ2n) is 5.35. The number of rotatable bonds is 4. The van der Waals surface area contributed by atoms with Crippen LogP contribution in [0.3, 0.4) is 0 Å². The Bertz CT molecular complexity index is 811. The maximum Gasteiger partial charge on any atom is 0.513 e. The SMILES string of the molecule is C=CC(=O)Oc1c(N(C)C)cc(OC(=O)OC)c2cc(C)ccc12.